The molecule has 0 saturated heterocycles. The first-order valence-corrected chi connectivity index (χ1v) is 7.72. The summed E-state index contributed by atoms with van der Waals surface area (Å²) in [4.78, 5) is 30.0. The number of carbonyl (C=O) groups is 2. The molecule has 1 aromatic heterocycles. The van der Waals surface area contributed by atoms with Gasteiger partial charge >= 0.3 is 0 Å². The van der Waals surface area contributed by atoms with Gasteiger partial charge in [-0.1, -0.05) is 12.1 Å². The van der Waals surface area contributed by atoms with Crippen LogP contribution in [0.15, 0.2) is 42.6 Å². The minimum Gasteiger partial charge on any atom is -0.350 e. The van der Waals surface area contributed by atoms with Crippen LogP contribution in [0.25, 0.3) is 0 Å². The number of halogens is 1. The van der Waals surface area contributed by atoms with E-state index in [1.165, 1.54) is 23.2 Å². The molecule has 0 aliphatic rings. The van der Waals surface area contributed by atoms with Crippen LogP contribution in [0.3, 0.4) is 0 Å². The smallest absolute Gasteiger partial charge is 0.255 e. The van der Waals surface area contributed by atoms with E-state index in [0.717, 1.165) is 11.3 Å². The van der Waals surface area contributed by atoms with Crippen LogP contribution in [0.1, 0.15) is 28.5 Å². The van der Waals surface area contributed by atoms with Crippen molar-refractivity contribution >= 4 is 11.8 Å². The highest BCUT2D eigenvalue weighted by Crippen LogP contribution is 2.05. The van der Waals surface area contributed by atoms with E-state index in [9.17, 15) is 14.0 Å². The number of hydrogen-bond acceptors (Lipinski definition) is 3. The summed E-state index contributed by atoms with van der Waals surface area (Å²) in [5.74, 6) is -0.823. The van der Waals surface area contributed by atoms with Crippen LogP contribution in [-0.2, 0) is 11.3 Å². The van der Waals surface area contributed by atoms with E-state index in [1.54, 1.807) is 24.3 Å². The third-order valence-electron chi connectivity index (χ3n) is 3.56. The van der Waals surface area contributed by atoms with Crippen LogP contribution in [0.2, 0.25) is 0 Å². The highest BCUT2D eigenvalue weighted by molar-refractivity contribution is 5.96. The Hall–Kier alpha value is -2.76. The molecule has 1 aromatic carbocycles. The minimum atomic E-state index is -0.320. The lowest BCUT2D eigenvalue weighted by Gasteiger charge is -2.20. The summed E-state index contributed by atoms with van der Waals surface area (Å²) in [6, 6.07) is 9.35. The second kappa shape index (κ2) is 8.19. The zero-order valence-electron chi connectivity index (χ0n) is 13.8. The minimum absolute atomic E-state index is 0.0373. The van der Waals surface area contributed by atoms with Crippen molar-refractivity contribution in [1.82, 2.24) is 15.2 Å². The highest BCUT2D eigenvalue weighted by Gasteiger charge is 2.17. The van der Waals surface area contributed by atoms with Crippen LogP contribution in [0.5, 0.6) is 0 Å². The SMILES string of the molecule is CCN(CC(=O)NCc1ccc(F)cc1)C(=O)c1ccc(C)nc1. The van der Waals surface area contributed by atoms with Gasteiger partial charge in [0.25, 0.3) is 5.91 Å². The molecule has 0 unspecified atom stereocenters. The Balaban J connectivity index is 1.91. The normalized spacial score (nSPS) is 10.3. The van der Waals surface area contributed by atoms with Crippen molar-refractivity contribution < 1.29 is 14.0 Å². The van der Waals surface area contributed by atoms with Crippen molar-refractivity contribution in [2.45, 2.75) is 20.4 Å². The van der Waals surface area contributed by atoms with E-state index in [-0.39, 0.29) is 30.7 Å². The topological polar surface area (TPSA) is 62.3 Å². The monoisotopic (exact) mass is 329 g/mol. The third-order valence-corrected chi connectivity index (χ3v) is 3.56. The van der Waals surface area contributed by atoms with Crippen LogP contribution in [0.4, 0.5) is 4.39 Å². The molecule has 0 aliphatic carbocycles. The van der Waals surface area contributed by atoms with E-state index in [1.807, 2.05) is 13.8 Å². The molecule has 0 aliphatic heterocycles. The molecule has 5 nitrogen and oxygen atoms in total. The molecule has 0 bridgehead atoms. The highest BCUT2D eigenvalue weighted by atomic mass is 19.1. The van der Waals surface area contributed by atoms with E-state index in [4.69, 9.17) is 0 Å². The number of nitrogens with zero attached hydrogens (tertiary/aromatic N) is 2. The molecule has 1 N–H and O–H groups in total. The van der Waals surface area contributed by atoms with Gasteiger partial charge in [-0.25, -0.2) is 4.39 Å². The summed E-state index contributed by atoms with van der Waals surface area (Å²) in [6.07, 6.45) is 1.51. The summed E-state index contributed by atoms with van der Waals surface area (Å²) in [5, 5.41) is 2.73. The maximum Gasteiger partial charge on any atom is 0.255 e. The van der Waals surface area contributed by atoms with Crippen molar-refractivity contribution in [3.63, 3.8) is 0 Å². The fourth-order valence-corrected chi connectivity index (χ4v) is 2.14. The number of rotatable bonds is 6. The number of benzene rings is 1. The van der Waals surface area contributed by atoms with Crippen molar-refractivity contribution in [3.8, 4) is 0 Å². The predicted molar refractivity (Wildman–Crippen MR) is 88.8 cm³/mol. The Morgan fingerprint density at radius 1 is 1.17 bits per heavy atom. The molecule has 2 amide bonds. The molecular weight excluding hydrogens is 309 g/mol. The van der Waals surface area contributed by atoms with E-state index in [0.29, 0.717) is 12.1 Å². The van der Waals surface area contributed by atoms with Gasteiger partial charge in [-0.2, -0.15) is 0 Å². The molecule has 0 atom stereocenters. The Kier molecular flexibility index (Phi) is 6.01. The van der Waals surface area contributed by atoms with Gasteiger partial charge in [-0.15, -0.1) is 0 Å². The summed E-state index contributed by atoms with van der Waals surface area (Å²) in [7, 11) is 0. The fourth-order valence-electron chi connectivity index (χ4n) is 2.14. The largest absolute Gasteiger partial charge is 0.350 e. The van der Waals surface area contributed by atoms with Crippen LogP contribution >= 0.6 is 0 Å². The molecule has 126 valence electrons. The quantitative estimate of drug-likeness (QED) is 0.884. The molecule has 0 fully saturated rings. The Bertz CT molecular complexity index is 699. The van der Waals surface area contributed by atoms with Gasteiger partial charge in [0.2, 0.25) is 5.91 Å². The Labute approximate surface area is 140 Å². The van der Waals surface area contributed by atoms with Crippen LogP contribution < -0.4 is 5.32 Å². The first kappa shape index (κ1) is 17.6. The summed E-state index contributed by atoms with van der Waals surface area (Å²) in [6.45, 7) is 4.32. The van der Waals surface area contributed by atoms with Gasteiger partial charge in [0.05, 0.1) is 12.1 Å². The molecule has 2 aromatic rings. The number of amides is 2. The van der Waals surface area contributed by atoms with Gasteiger partial charge in [-0.05, 0) is 43.7 Å². The van der Waals surface area contributed by atoms with Crippen molar-refractivity contribution in [1.29, 1.82) is 0 Å². The number of pyridine rings is 1. The standard InChI is InChI=1S/C18H20FN3O2/c1-3-22(18(24)15-7-4-13(2)20-11-15)12-17(23)21-10-14-5-8-16(19)9-6-14/h4-9,11H,3,10,12H2,1-2H3,(H,21,23). The molecule has 1 heterocycles. The summed E-state index contributed by atoms with van der Waals surface area (Å²) >= 11 is 0. The number of nitrogens with one attached hydrogen (secondary N) is 1. The van der Waals surface area contributed by atoms with E-state index >= 15 is 0 Å². The van der Waals surface area contributed by atoms with Crippen LogP contribution in [0, 0.1) is 12.7 Å². The molecule has 0 spiro atoms. The average molecular weight is 329 g/mol. The van der Waals surface area contributed by atoms with Gasteiger partial charge in [0.15, 0.2) is 0 Å². The van der Waals surface area contributed by atoms with Gasteiger partial charge < -0.3 is 10.2 Å². The van der Waals surface area contributed by atoms with Crippen molar-refractivity contribution in [3.05, 3.63) is 65.2 Å². The number of aryl methyl sites for hydroxylation is 1. The number of likely N-dealkylation sites (N-methyl/N-ethyl adjacent to an activating group) is 1. The number of carbonyl (C=O) groups excluding carboxylic acids is 2. The first-order valence-electron chi connectivity index (χ1n) is 7.72. The maximum absolute atomic E-state index is 12.8. The lowest BCUT2D eigenvalue weighted by Crippen LogP contribution is -2.40. The average Bonchev–Trinajstić information content (AvgIpc) is 2.59. The van der Waals surface area contributed by atoms with Crippen molar-refractivity contribution in [2.75, 3.05) is 13.1 Å². The lowest BCUT2D eigenvalue weighted by molar-refractivity contribution is -0.121. The molecule has 2 rings (SSSR count). The van der Waals surface area contributed by atoms with Gasteiger partial charge in [0, 0.05) is 25.0 Å². The molecule has 0 radical (unpaired) electrons. The molecule has 0 saturated carbocycles. The number of aromatic nitrogens is 1. The predicted octanol–water partition coefficient (Wildman–Crippen LogP) is 2.31. The Morgan fingerprint density at radius 3 is 2.46 bits per heavy atom. The second-order valence-electron chi connectivity index (χ2n) is 5.41. The first-order chi connectivity index (χ1) is 11.5. The summed E-state index contributed by atoms with van der Waals surface area (Å²) < 4.78 is 12.8. The van der Waals surface area contributed by atoms with E-state index < -0.39 is 0 Å². The Morgan fingerprint density at radius 2 is 1.88 bits per heavy atom. The zero-order valence-corrected chi connectivity index (χ0v) is 13.8. The molecule has 6 heteroatoms. The molecular formula is C18H20FN3O2. The lowest BCUT2D eigenvalue weighted by atomic mass is 10.2. The van der Waals surface area contributed by atoms with Gasteiger partial charge in [-0.3, -0.25) is 14.6 Å². The fraction of sp³-hybridized carbons (Fsp3) is 0.278. The van der Waals surface area contributed by atoms with Crippen molar-refractivity contribution in [2.24, 2.45) is 0 Å². The summed E-state index contributed by atoms with van der Waals surface area (Å²) in [5.41, 5.74) is 2.07. The molecule has 24 heavy (non-hydrogen) atoms. The maximum atomic E-state index is 12.8. The second-order valence-corrected chi connectivity index (χ2v) is 5.41. The van der Waals surface area contributed by atoms with Gasteiger partial charge in [0.1, 0.15) is 5.82 Å². The third kappa shape index (κ3) is 4.87. The van der Waals surface area contributed by atoms with E-state index in [2.05, 4.69) is 10.3 Å². The number of hydrogen-bond donors (Lipinski definition) is 1. The van der Waals surface area contributed by atoms with Crippen LogP contribution in [-0.4, -0.2) is 34.8 Å². The zero-order chi connectivity index (χ0) is 17.5.